The molecular weight excluding hydrogens is 234 g/mol. The van der Waals surface area contributed by atoms with Crippen LogP contribution in [-0.2, 0) is 19.6 Å². The topological polar surface area (TPSA) is 83.9 Å². The molecule has 1 N–H and O–H groups in total. The van der Waals surface area contributed by atoms with Crippen LogP contribution < -0.4 is 0 Å². The van der Waals surface area contributed by atoms with Gasteiger partial charge in [0.15, 0.2) is 0 Å². The van der Waals surface area contributed by atoms with Crippen molar-refractivity contribution in [1.29, 1.82) is 0 Å². The molecule has 0 unspecified atom stereocenters. The normalized spacial score (nSPS) is 11.9. The highest BCUT2D eigenvalue weighted by Crippen LogP contribution is 2.04. The molecule has 0 aromatic rings. The first-order chi connectivity index (χ1) is 7.44. The Morgan fingerprint density at radius 1 is 1.44 bits per heavy atom. The summed E-state index contributed by atoms with van der Waals surface area (Å²) in [7, 11) is -1.84. The van der Waals surface area contributed by atoms with Gasteiger partial charge in [-0.1, -0.05) is 6.92 Å². The first-order valence-corrected chi connectivity index (χ1v) is 6.73. The molecule has 0 aromatic carbocycles. The van der Waals surface area contributed by atoms with Gasteiger partial charge in [0, 0.05) is 26.8 Å². The number of aliphatic carboxylic acids is 1. The van der Waals surface area contributed by atoms with Crippen LogP contribution in [0.4, 0.5) is 0 Å². The zero-order chi connectivity index (χ0) is 12.6. The van der Waals surface area contributed by atoms with Crippen LogP contribution in [0.1, 0.15) is 19.8 Å². The van der Waals surface area contributed by atoms with Gasteiger partial charge in [-0.2, -0.15) is 0 Å². The average Bonchev–Trinajstić information content (AvgIpc) is 2.18. The molecule has 0 bridgehead atoms. The van der Waals surface area contributed by atoms with Crippen LogP contribution in [0, 0.1) is 0 Å². The Morgan fingerprint density at radius 2 is 2.06 bits per heavy atom. The van der Waals surface area contributed by atoms with E-state index in [1.165, 1.54) is 11.4 Å². The number of hydrogen-bond donors (Lipinski definition) is 1. The van der Waals surface area contributed by atoms with E-state index in [4.69, 9.17) is 9.84 Å². The lowest BCUT2D eigenvalue weighted by molar-refractivity contribution is -0.137. The molecule has 0 aliphatic carbocycles. The molecule has 7 heteroatoms. The molecule has 6 nitrogen and oxygen atoms in total. The molecular formula is C9H19NO5S. The van der Waals surface area contributed by atoms with Crippen molar-refractivity contribution in [3.05, 3.63) is 0 Å². The van der Waals surface area contributed by atoms with Crippen molar-refractivity contribution >= 4 is 16.0 Å². The van der Waals surface area contributed by atoms with Gasteiger partial charge in [0.2, 0.25) is 10.0 Å². The standard InChI is InChI=1S/C9H19NO5S/c1-3-10(6-5-9(11)12)16(13,14)8-4-7-15-2/h3-8H2,1-2H3,(H,11,12). The predicted octanol–water partition coefficient (Wildman–Crippen LogP) is 0.149. The molecule has 0 saturated carbocycles. The minimum atomic E-state index is -3.35. The predicted molar refractivity (Wildman–Crippen MR) is 59.8 cm³/mol. The van der Waals surface area contributed by atoms with Crippen molar-refractivity contribution in [2.24, 2.45) is 0 Å². The number of rotatable bonds is 9. The van der Waals surface area contributed by atoms with E-state index in [2.05, 4.69) is 0 Å². The molecule has 0 rings (SSSR count). The monoisotopic (exact) mass is 253 g/mol. The van der Waals surface area contributed by atoms with Crippen LogP contribution in [0.3, 0.4) is 0 Å². The molecule has 0 heterocycles. The summed E-state index contributed by atoms with van der Waals surface area (Å²) in [6.45, 7) is 2.40. The van der Waals surface area contributed by atoms with Crippen LogP contribution in [0.2, 0.25) is 0 Å². The number of carbonyl (C=O) groups is 1. The number of carboxylic acids is 1. The summed E-state index contributed by atoms with van der Waals surface area (Å²) in [6, 6.07) is 0. The maximum atomic E-state index is 11.7. The highest BCUT2D eigenvalue weighted by Gasteiger charge is 2.20. The fourth-order valence-electron chi connectivity index (χ4n) is 1.23. The zero-order valence-corrected chi connectivity index (χ0v) is 10.5. The quantitative estimate of drug-likeness (QED) is 0.591. The van der Waals surface area contributed by atoms with Gasteiger partial charge in [-0.15, -0.1) is 0 Å². The third kappa shape index (κ3) is 6.04. The molecule has 96 valence electrons. The van der Waals surface area contributed by atoms with Crippen LogP contribution in [0.25, 0.3) is 0 Å². The Bertz CT molecular complexity index is 301. The van der Waals surface area contributed by atoms with Crippen LogP contribution >= 0.6 is 0 Å². The van der Waals surface area contributed by atoms with Crippen molar-refractivity contribution in [1.82, 2.24) is 4.31 Å². The number of sulfonamides is 1. The Balaban J connectivity index is 4.25. The number of methoxy groups -OCH3 is 1. The Morgan fingerprint density at radius 3 is 2.50 bits per heavy atom. The fraction of sp³-hybridized carbons (Fsp3) is 0.889. The number of ether oxygens (including phenoxy) is 1. The lowest BCUT2D eigenvalue weighted by Crippen LogP contribution is -2.34. The molecule has 0 aliphatic rings. The average molecular weight is 253 g/mol. The van der Waals surface area contributed by atoms with Crippen molar-refractivity contribution < 1.29 is 23.1 Å². The Kier molecular flexibility index (Phi) is 7.27. The number of nitrogens with zero attached hydrogens (tertiary/aromatic N) is 1. The number of carboxylic acid groups (broad SMARTS) is 1. The molecule has 0 amide bonds. The van der Waals surface area contributed by atoms with Gasteiger partial charge in [-0.3, -0.25) is 4.79 Å². The van der Waals surface area contributed by atoms with Crippen molar-refractivity contribution in [2.45, 2.75) is 19.8 Å². The minimum Gasteiger partial charge on any atom is -0.481 e. The first kappa shape index (κ1) is 15.3. The largest absolute Gasteiger partial charge is 0.481 e. The van der Waals surface area contributed by atoms with E-state index in [0.29, 0.717) is 19.6 Å². The second kappa shape index (κ2) is 7.59. The molecule has 16 heavy (non-hydrogen) atoms. The second-order valence-corrected chi connectivity index (χ2v) is 5.39. The smallest absolute Gasteiger partial charge is 0.304 e. The fourth-order valence-corrected chi connectivity index (χ4v) is 2.73. The van der Waals surface area contributed by atoms with Gasteiger partial charge in [0.05, 0.1) is 12.2 Å². The Hall–Kier alpha value is -0.660. The van der Waals surface area contributed by atoms with Gasteiger partial charge in [0.1, 0.15) is 0 Å². The molecule has 0 aromatic heterocycles. The maximum absolute atomic E-state index is 11.7. The van der Waals surface area contributed by atoms with E-state index in [-0.39, 0.29) is 18.7 Å². The molecule has 0 saturated heterocycles. The lowest BCUT2D eigenvalue weighted by atomic mass is 10.4. The molecule has 0 radical (unpaired) electrons. The van der Waals surface area contributed by atoms with Gasteiger partial charge < -0.3 is 9.84 Å². The summed E-state index contributed by atoms with van der Waals surface area (Å²) in [6.07, 6.45) is 0.250. The lowest BCUT2D eigenvalue weighted by Gasteiger charge is -2.19. The van der Waals surface area contributed by atoms with Crippen molar-refractivity contribution in [3.8, 4) is 0 Å². The highest BCUT2D eigenvalue weighted by molar-refractivity contribution is 7.89. The second-order valence-electron chi connectivity index (χ2n) is 3.30. The van der Waals surface area contributed by atoms with E-state index in [9.17, 15) is 13.2 Å². The molecule has 0 fully saturated rings. The van der Waals surface area contributed by atoms with Gasteiger partial charge >= 0.3 is 5.97 Å². The zero-order valence-electron chi connectivity index (χ0n) is 9.68. The van der Waals surface area contributed by atoms with Crippen molar-refractivity contribution in [2.75, 3.05) is 32.6 Å². The summed E-state index contributed by atoms with van der Waals surface area (Å²) in [5, 5.41) is 8.50. The summed E-state index contributed by atoms with van der Waals surface area (Å²) in [5.41, 5.74) is 0. The van der Waals surface area contributed by atoms with E-state index in [0.717, 1.165) is 0 Å². The molecule has 0 aliphatic heterocycles. The summed E-state index contributed by atoms with van der Waals surface area (Å²) in [5.74, 6) is -1.00. The van der Waals surface area contributed by atoms with Gasteiger partial charge in [-0.25, -0.2) is 12.7 Å². The molecule has 0 spiro atoms. The summed E-state index contributed by atoms with van der Waals surface area (Å²) < 4.78 is 29.4. The van der Waals surface area contributed by atoms with Crippen molar-refractivity contribution in [3.63, 3.8) is 0 Å². The third-order valence-electron chi connectivity index (χ3n) is 2.07. The minimum absolute atomic E-state index is 0.00566. The molecule has 0 atom stereocenters. The van der Waals surface area contributed by atoms with Crippen LogP contribution in [-0.4, -0.2) is 56.4 Å². The van der Waals surface area contributed by atoms with E-state index < -0.39 is 16.0 Å². The van der Waals surface area contributed by atoms with Gasteiger partial charge in [-0.05, 0) is 6.42 Å². The Labute approximate surface area is 96.2 Å². The highest BCUT2D eigenvalue weighted by atomic mass is 32.2. The van der Waals surface area contributed by atoms with Crippen LogP contribution in [0.5, 0.6) is 0 Å². The summed E-state index contributed by atoms with van der Waals surface area (Å²) >= 11 is 0. The third-order valence-corrected chi connectivity index (χ3v) is 4.10. The summed E-state index contributed by atoms with van der Waals surface area (Å²) in [4.78, 5) is 10.4. The van der Waals surface area contributed by atoms with Gasteiger partial charge in [0.25, 0.3) is 0 Å². The SMILES string of the molecule is CCN(CCC(=O)O)S(=O)(=O)CCCOC. The van der Waals surface area contributed by atoms with E-state index in [1.54, 1.807) is 6.92 Å². The number of hydrogen-bond acceptors (Lipinski definition) is 4. The maximum Gasteiger partial charge on any atom is 0.304 e. The van der Waals surface area contributed by atoms with E-state index >= 15 is 0 Å². The van der Waals surface area contributed by atoms with E-state index in [1.807, 2.05) is 0 Å². The van der Waals surface area contributed by atoms with Crippen LogP contribution in [0.15, 0.2) is 0 Å². The first-order valence-electron chi connectivity index (χ1n) is 5.12.